The van der Waals surface area contributed by atoms with Crippen molar-refractivity contribution in [2.75, 3.05) is 0 Å². The van der Waals surface area contributed by atoms with E-state index in [0.29, 0.717) is 11.8 Å². The smallest absolute Gasteiger partial charge is 0.0754 e. The van der Waals surface area contributed by atoms with E-state index in [2.05, 4.69) is 18.2 Å². The normalized spacial score (nSPS) is 42.1. The number of aliphatic hydroxyl groups excluding tert-OH is 1. The van der Waals surface area contributed by atoms with E-state index in [-0.39, 0.29) is 6.10 Å². The maximum absolute atomic E-state index is 9.58. The predicted molar refractivity (Wildman–Crippen MR) is 45.1 cm³/mol. The van der Waals surface area contributed by atoms with Crippen molar-refractivity contribution in [3.8, 4) is 0 Å². The third kappa shape index (κ3) is 1.25. The molecule has 2 aliphatic carbocycles. The highest BCUT2D eigenvalue weighted by atomic mass is 16.3. The molecule has 0 unspecified atom stereocenters. The third-order valence-electron chi connectivity index (χ3n) is 2.83. The molecule has 0 spiro atoms. The average molecular weight is 150 g/mol. The molecule has 0 aliphatic heterocycles. The zero-order valence-corrected chi connectivity index (χ0v) is 6.61. The minimum absolute atomic E-state index is 0.182. The largest absolute Gasteiger partial charge is 0.389 e. The molecule has 3 atom stereocenters. The molecule has 0 aromatic rings. The molecule has 2 aliphatic rings. The van der Waals surface area contributed by atoms with Crippen LogP contribution in [0.15, 0.2) is 24.3 Å². The lowest BCUT2D eigenvalue weighted by Gasteiger charge is -2.33. The Morgan fingerprint density at radius 2 is 1.73 bits per heavy atom. The van der Waals surface area contributed by atoms with Crippen LogP contribution in [-0.2, 0) is 0 Å². The van der Waals surface area contributed by atoms with Gasteiger partial charge in [-0.05, 0) is 31.1 Å². The van der Waals surface area contributed by atoms with E-state index in [1.807, 2.05) is 6.08 Å². The topological polar surface area (TPSA) is 20.2 Å². The van der Waals surface area contributed by atoms with Gasteiger partial charge in [-0.2, -0.15) is 0 Å². The van der Waals surface area contributed by atoms with Crippen molar-refractivity contribution >= 4 is 0 Å². The summed E-state index contributed by atoms with van der Waals surface area (Å²) in [5.41, 5.74) is 0. The highest BCUT2D eigenvalue weighted by Crippen LogP contribution is 2.34. The van der Waals surface area contributed by atoms with Crippen LogP contribution in [0.5, 0.6) is 0 Å². The molecule has 11 heavy (non-hydrogen) atoms. The second kappa shape index (κ2) is 2.82. The van der Waals surface area contributed by atoms with Gasteiger partial charge in [0.25, 0.3) is 0 Å². The Labute approximate surface area is 67.4 Å². The van der Waals surface area contributed by atoms with Crippen LogP contribution in [0.3, 0.4) is 0 Å². The standard InChI is InChI=1S/C10H14O/c11-10-7-3-5-8-4-1-2-6-9(8)10/h1-3,7-11H,4-6H2/t8-,9-,10+/m0/s1. The minimum Gasteiger partial charge on any atom is -0.389 e. The van der Waals surface area contributed by atoms with Crippen molar-refractivity contribution in [2.24, 2.45) is 11.8 Å². The van der Waals surface area contributed by atoms with Gasteiger partial charge in [-0.25, -0.2) is 0 Å². The Morgan fingerprint density at radius 1 is 1.00 bits per heavy atom. The van der Waals surface area contributed by atoms with Gasteiger partial charge in [0.15, 0.2) is 0 Å². The van der Waals surface area contributed by atoms with Gasteiger partial charge in [0.1, 0.15) is 0 Å². The molecule has 0 saturated carbocycles. The molecule has 0 amide bonds. The quantitative estimate of drug-likeness (QED) is 0.523. The van der Waals surface area contributed by atoms with Crippen molar-refractivity contribution in [3.63, 3.8) is 0 Å². The van der Waals surface area contributed by atoms with Gasteiger partial charge in [-0.15, -0.1) is 0 Å². The molecular formula is C10H14O. The fourth-order valence-corrected chi connectivity index (χ4v) is 2.12. The number of hydrogen-bond donors (Lipinski definition) is 1. The summed E-state index contributed by atoms with van der Waals surface area (Å²) in [6.07, 6.45) is 11.7. The molecule has 0 fully saturated rings. The Balaban J connectivity index is 2.15. The van der Waals surface area contributed by atoms with E-state index in [1.54, 1.807) is 0 Å². The van der Waals surface area contributed by atoms with Crippen molar-refractivity contribution in [3.05, 3.63) is 24.3 Å². The highest BCUT2D eigenvalue weighted by molar-refractivity contribution is 5.07. The van der Waals surface area contributed by atoms with Crippen LogP contribution in [0.25, 0.3) is 0 Å². The summed E-state index contributed by atoms with van der Waals surface area (Å²) in [7, 11) is 0. The Bertz CT molecular complexity index is 193. The molecule has 60 valence electrons. The van der Waals surface area contributed by atoms with Gasteiger partial charge in [0, 0.05) is 0 Å². The Kier molecular flexibility index (Phi) is 1.82. The van der Waals surface area contributed by atoms with E-state index in [0.717, 1.165) is 19.3 Å². The van der Waals surface area contributed by atoms with E-state index in [4.69, 9.17) is 0 Å². The molecular weight excluding hydrogens is 136 g/mol. The first-order valence-electron chi connectivity index (χ1n) is 4.37. The SMILES string of the molecule is O[C@@H]1C=CC[C@@H]2CC=CC[C@@H]21. The second-order valence-corrected chi connectivity index (χ2v) is 3.52. The van der Waals surface area contributed by atoms with Crippen LogP contribution in [-0.4, -0.2) is 11.2 Å². The van der Waals surface area contributed by atoms with Crippen LogP contribution < -0.4 is 0 Å². The number of fused-ring (bicyclic) bond motifs is 1. The summed E-state index contributed by atoms with van der Waals surface area (Å²) >= 11 is 0. The average Bonchev–Trinajstić information content (AvgIpc) is 2.06. The zero-order valence-electron chi connectivity index (χ0n) is 6.61. The van der Waals surface area contributed by atoms with Crippen molar-refractivity contribution in [2.45, 2.75) is 25.4 Å². The Hall–Kier alpha value is -0.560. The fourth-order valence-electron chi connectivity index (χ4n) is 2.12. The van der Waals surface area contributed by atoms with E-state index >= 15 is 0 Å². The number of aliphatic hydroxyl groups is 1. The maximum atomic E-state index is 9.58. The highest BCUT2D eigenvalue weighted by Gasteiger charge is 2.28. The first kappa shape index (κ1) is 7.11. The maximum Gasteiger partial charge on any atom is 0.0754 e. The molecule has 0 aromatic heterocycles. The summed E-state index contributed by atoms with van der Waals surface area (Å²) in [5, 5.41) is 9.58. The molecule has 0 aromatic carbocycles. The zero-order chi connectivity index (χ0) is 7.68. The lowest BCUT2D eigenvalue weighted by molar-refractivity contribution is 0.101. The van der Waals surface area contributed by atoms with Crippen LogP contribution in [0.4, 0.5) is 0 Å². The third-order valence-corrected chi connectivity index (χ3v) is 2.83. The Morgan fingerprint density at radius 3 is 2.55 bits per heavy atom. The number of hydrogen-bond acceptors (Lipinski definition) is 1. The van der Waals surface area contributed by atoms with Crippen LogP contribution in [0.1, 0.15) is 19.3 Å². The summed E-state index contributed by atoms with van der Waals surface area (Å²) < 4.78 is 0. The summed E-state index contributed by atoms with van der Waals surface area (Å²) in [4.78, 5) is 0. The molecule has 1 heteroatoms. The molecule has 0 radical (unpaired) electrons. The van der Waals surface area contributed by atoms with Crippen molar-refractivity contribution < 1.29 is 5.11 Å². The van der Waals surface area contributed by atoms with Gasteiger partial charge < -0.3 is 5.11 Å². The van der Waals surface area contributed by atoms with Crippen LogP contribution >= 0.6 is 0 Å². The van der Waals surface area contributed by atoms with Crippen molar-refractivity contribution in [1.82, 2.24) is 0 Å². The van der Waals surface area contributed by atoms with Gasteiger partial charge in [-0.1, -0.05) is 24.3 Å². The molecule has 0 bridgehead atoms. The molecule has 0 saturated heterocycles. The second-order valence-electron chi connectivity index (χ2n) is 3.52. The van der Waals surface area contributed by atoms with Crippen LogP contribution in [0.2, 0.25) is 0 Å². The monoisotopic (exact) mass is 150 g/mol. The molecule has 2 rings (SSSR count). The van der Waals surface area contributed by atoms with Crippen LogP contribution in [0, 0.1) is 11.8 Å². The van der Waals surface area contributed by atoms with E-state index in [1.165, 1.54) is 0 Å². The van der Waals surface area contributed by atoms with Gasteiger partial charge in [-0.3, -0.25) is 0 Å². The van der Waals surface area contributed by atoms with Crippen molar-refractivity contribution in [1.29, 1.82) is 0 Å². The summed E-state index contributed by atoms with van der Waals surface area (Å²) in [5.74, 6) is 1.21. The lowest BCUT2D eigenvalue weighted by atomic mass is 9.75. The number of rotatable bonds is 0. The number of allylic oxidation sites excluding steroid dienone is 3. The first-order valence-corrected chi connectivity index (χ1v) is 4.37. The molecule has 1 N–H and O–H groups in total. The summed E-state index contributed by atoms with van der Waals surface area (Å²) in [6.45, 7) is 0. The predicted octanol–water partition coefficient (Wildman–Crippen LogP) is 1.89. The van der Waals surface area contributed by atoms with E-state index < -0.39 is 0 Å². The summed E-state index contributed by atoms with van der Waals surface area (Å²) in [6, 6.07) is 0. The van der Waals surface area contributed by atoms with Gasteiger partial charge in [0.05, 0.1) is 6.10 Å². The van der Waals surface area contributed by atoms with E-state index in [9.17, 15) is 5.11 Å². The molecule has 1 nitrogen and oxygen atoms in total. The van der Waals surface area contributed by atoms with Gasteiger partial charge in [0.2, 0.25) is 0 Å². The fraction of sp³-hybridized carbons (Fsp3) is 0.600. The van der Waals surface area contributed by atoms with Gasteiger partial charge >= 0.3 is 0 Å². The minimum atomic E-state index is -0.182. The lowest BCUT2D eigenvalue weighted by Crippen LogP contribution is -2.30. The first-order chi connectivity index (χ1) is 5.38. The molecule has 0 heterocycles.